The van der Waals surface area contributed by atoms with Gasteiger partial charge in [0.25, 0.3) is 5.91 Å². The van der Waals surface area contributed by atoms with Gasteiger partial charge in [-0.3, -0.25) is 19.3 Å². The smallest absolute Gasteiger partial charge is 0.257 e. The average molecular weight is 405 g/mol. The second kappa shape index (κ2) is 7.94. The Kier molecular flexibility index (Phi) is 5.33. The van der Waals surface area contributed by atoms with Crippen LogP contribution in [0.1, 0.15) is 48.5 Å². The molecule has 2 aromatic rings. The van der Waals surface area contributed by atoms with E-state index >= 15 is 0 Å². The molecule has 2 aliphatic heterocycles. The number of fused-ring (bicyclic) bond motifs is 3. The lowest BCUT2D eigenvalue weighted by atomic mass is 9.98. The Hall–Kier alpha value is -3.15. The zero-order valence-electron chi connectivity index (χ0n) is 17.5. The van der Waals surface area contributed by atoms with E-state index in [0.29, 0.717) is 50.0 Å². The quantitative estimate of drug-likeness (QED) is 0.740. The van der Waals surface area contributed by atoms with Gasteiger partial charge in [0.15, 0.2) is 0 Å². The Morgan fingerprint density at radius 3 is 2.53 bits per heavy atom. The minimum absolute atomic E-state index is 0.0427. The van der Waals surface area contributed by atoms with Crippen molar-refractivity contribution in [2.75, 3.05) is 18.5 Å². The number of carbonyl (C=O) groups excluding carboxylic acids is 3. The summed E-state index contributed by atoms with van der Waals surface area (Å²) in [5, 5.41) is 0. The number of nitrogens with zero attached hydrogens (tertiary/aromatic N) is 3. The molecule has 1 atom stereocenters. The Morgan fingerprint density at radius 1 is 1.07 bits per heavy atom. The Morgan fingerprint density at radius 2 is 1.77 bits per heavy atom. The summed E-state index contributed by atoms with van der Waals surface area (Å²) in [5.74, 6) is 0.0264. The molecule has 0 bridgehead atoms. The summed E-state index contributed by atoms with van der Waals surface area (Å²) in [6.07, 6.45) is 1.95. The van der Waals surface area contributed by atoms with Gasteiger partial charge in [-0.1, -0.05) is 42.5 Å². The first-order chi connectivity index (χ1) is 14.4. The highest BCUT2D eigenvalue weighted by atomic mass is 16.2. The van der Waals surface area contributed by atoms with E-state index in [1.165, 1.54) is 0 Å². The minimum Gasteiger partial charge on any atom is -0.341 e. The number of amides is 3. The van der Waals surface area contributed by atoms with Crippen LogP contribution in [0.4, 0.5) is 5.69 Å². The van der Waals surface area contributed by atoms with E-state index in [2.05, 4.69) is 0 Å². The molecule has 1 unspecified atom stereocenters. The number of rotatable bonds is 6. The van der Waals surface area contributed by atoms with Crippen LogP contribution in [-0.2, 0) is 16.1 Å². The van der Waals surface area contributed by atoms with Gasteiger partial charge in [0.2, 0.25) is 11.8 Å². The van der Waals surface area contributed by atoms with E-state index < -0.39 is 5.66 Å². The molecule has 3 amide bonds. The third kappa shape index (κ3) is 3.47. The van der Waals surface area contributed by atoms with Gasteiger partial charge < -0.3 is 9.80 Å². The molecule has 2 heterocycles. The highest BCUT2D eigenvalue weighted by molar-refractivity contribution is 6.10. The second-order valence-corrected chi connectivity index (χ2v) is 8.26. The number of hydrogen-bond donors (Lipinski definition) is 0. The Labute approximate surface area is 177 Å². The van der Waals surface area contributed by atoms with Crippen LogP contribution >= 0.6 is 0 Å². The predicted octanol–water partition coefficient (Wildman–Crippen LogP) is 3.42. The maximum Gasteiger partial charge on any atom is 0.257 e. The second-order valence-electron chi connectivity index (χ2n) is 8.26. The third-order valence-corrected chi connectivity index (χ3v) is 6.21. The summed E-state index contributed by atoms with van der Waals surface area (Å²) >= 11 is 0. The first-order valence-electron chi connectivity index (χ1n) is 10.4. The molecular weight excluding hydrogens is 378 g/mol. The monoisotopic (exact) mass is 405 g/mol. The average Bonchev–Trinajstić information content (AvgIpc) is 3.06. The normalized spacial score (nSPS) is 20.2. The van der Waals surface area contributed by atoms with Gasteiger partial charge >= 0.3 is 0 Å². The van der Waals surface area contributed by atoms with E-state index in [-0.39, 0.29) is 17.7 Å². The van der Waals surface area contributed by atoms with Crippen molar-refractivity contribution >= 4 is 23.4 Å². The van der Waals surface area contributed by atoms with Gasteiger partial charge in [-0.15, -0.1) is 0 Å². The van der Waals surface area contributed by atoms with Gasteiger partial charge in [0.05, 0.1) is 11.3 Å². The molecule has 1 fully saturated rings. The summed E-state index contributed by atoms with van der Waals surface area (Å²) < 4.78 is 0. The largest absolute Gasteiger partial charge is 0.341 e. The molecule has 2 aliphatic rings. The zero-order valence-corrected chi connectivity index (χ0v) is 17.5. The van der Waals surface area contributed by atoms with Crippen molar-refractivity contribution in [3.63, 3.8) is 0 Å². The van der Waals surface area contributed by atoms with E-state index in [0.717, 1.165) is 5.56 Å². The van der Waals surface area contributed by atoms with Crippen LogP contribution in [0, 0.1) is 0 Å². The van der Waals surface area contributed by atoms with Crippen molar-refractivity contribution < 1.29 is 14.4 Å². The minimum atomic E-state index is -0.665. The van der Waals surface area contributed by atoms with Crippen LogP contribution < -0.4 is 4.90 Å². The maximum absolute atomic E-state index is 13.2. The summed E-state index contributed by atoms with van der Waals surface area (Å²) in [6.45, 7) is 2.96. The fourth-order valence-electron chi connectivity index (χ4n) is 4.57. The molecule has 6 heteroatoms. The van der Waals surface area contributed by atoms with E-state index in [1.54, 1.807) is 27.8 Å². The SMILES string of the molecule is CN(Cc1ccccc1)C(=O)CCCN1C(=O)c2ccccc2N2C(=O)CCC12C. The van der Waals surface area contributed by atoms with Crippen molar-refractivity contribution in [3.8, 4) is 0 Å². The summed E-state index contributed by atoms with van der Waals surface area (Å²) in [7, 11) is 1.80. The first-order valence-corrected chi connectivity index (χ1v) is 10.4. The van der Waals surface area contributed by atoms with Crippen LogP contribution in [0.25, 0.3) is 0 Å². The maximum atomic E-state index is 13.2. The van der Waals surface area contributed by atoms with E-state index in [1.807, 2.05) is 55.5 Å². The highest BCUT2D eigenvalue weighted by Crippen LogP contribution is 2.44. The molecule has 0 spiro atoms. The van der Waals surface area contributed by atoms with Crippen molar-refractivity contribution in [1.29, 1.82) is 0 Å². The molecule has 156 valence electrons. The molecule has 2 aromatic carbocycles. The van der Waals surface area contributed by atoms with Crippen molar-refractivity contribution in [2.24, 2.45) is 0 Å². The number of anilines is 1. The molecular formula is C24H27N3O3. The molecule has 0 N–H and O–H groups in total. The van der Waals surface area contributed by atoms with Crippen molar-refractivity contribution in [2.45, 2.75) is 44.8 Å². The van der Waals surface area contributed by atoms with Gasteiger partial charge in [-0.2, -0.15) is 0 Å². The van der Waals surface area contributed by atoms with Crippen molar-refractivity contribution in [1.82, 2.24) is 9.80 Å². The number of benzene rings is 2. The topological polar surface area (TPSA) is 60.9 Å². The van der Waals surface area contributed by atoms with Crippen molar-refractivity contribution in [3.05, 3.63) is 65.7 Å². The summed E-state index contributed by atoms with van der Waals surface area (Å²) in [5.41, 5.74) is 1.67. The Balaban J connectivity index is 1.43. The van der Waals surface area contributed by atoms with Gasteiger partial charge in [-0.25, -0.2) is 0 Å². The fraction of sp³-hybridized carbons (Fsp3) is 0.375. The molecule has 30 heavy (non-hydrogen) atoms. The molecule has 4 rings (SSSR count). The number of carbonyl (C=O) groups is 3. The summed E-state index contributed by atoms with van der Waals surface area (Å²) in [6, 6.07) is 17.2. The van der Waals surface area contributed by atoms with Crippen LogP contribution in [0.3, 0.4) is 0 Å². The lowest BCUT2D eigenvalue weighted by Gasteiger charge is -2.48. The molecule has 0 radical (unpaired) electrons. The van der Waals surface area contributed by atoms with Crippen LogP contribution in [0.2, 0.25) is 0 Å². The third-order valence-electron chi connectivity index (χ3n) is 6.21. The van der Waals surface area contributed by atoms with E-state index in [9.17, 15) is 14.4 Å². The molecule has 0 aliphatic carbocycles. The Bertz CT molecular complexity index is 975. The standard InChI is InChI=1S/C24H27N3O3/c1-24-15-14-22(29)27(24)20-12-7-6-11-19(20)23(30)26(24)16-8-13-21(28)25(2)17-18-9-4-3-5-10-18/h3-7,9-12H,8,13-17H2,1-2H3. The number of hydrogen-bond acceptors (Lipinski definition) is 3. The molecule has 6 nitrogen and oxygen atoms in total. The van der Waals surface area contributed by atoms with Crippen LogP contribution in [0.5, 0.6) is 0 Å². The van der Waals surface area contributed by atoms with Crippen LogP contribution in [-0.4, -0.2) is 46.8 Å². The summed E-state index contributed by atoms with van der Waals surface area (Å²) in [4.78, 5) is 43.7. The van der Waals surface area contributed by atoms with Gasteiger partial charge in [0, 0.05) is 33.0 Å². The highest BCUT2D eigenvalue weighted by Gasteiger charge is 2.52. The lowest BCUT2D eigenvalue weighted by Crippen LogP contribution is -2.62. The first kappa shape index (κ1) is 20.1. The molecule has 0 saturated carbocycles. The van der Waals surface area contributed by atoms with Crippen LogP contribution in [0.15, 0.2) is 54.6 Å². The number of para-hydroxylation sites is 1. The van der Waals surface area contributed by atoms with Gasteiger partial charge in [-0.05, 0) is 37.5 Å². The van der Waals surface area contributed by atoms with Gasteiger partial charge in [0.1, 0.15) is 5.66 Å². The molecule has 0 aromatic heterocycles. The fourth-order valence-corrected chi connectivity index (χ4v) is 4.57. The molecule has 1 saturated heterocycles. The lowest BCUT2D eigenvalue weighted by molar-refractivity contribution is -0.130. The zero-order chi connectivity index (χ0) is 21.3. The van der Waals surface area contributed by atoms with E-state index in [4.69, 9.17) is 0 Å². The predicted molar refractivity (Wildman–Crippen MR) is 115 cm³/mol.